The Hall–Kier alpha value is -2.45. The van der Waals surface area contributed by atoms with Crippen LogP contribution in [0.2, 0.25) is 0 Å². The van der Waals surface area contributed by atoms with Gasteiger partial charge in [0.25, 0.3) is 0 Å². The maximum absolute atomic E-state index is 13.3. The van der Waals surface area contributed by atoms with Gasteiger partial charge in [-0.15, -0.1) is 0 Å². The largest absolute Gasteiger partial charge is 0.416 e. The number of amides is 1. The van der Waals surface area contributed by atoms with Crippen molar-refractivity contribution in [1.82, 2.24) is 9.80 Å². The van der Waals surface area contributed by atoms with Gasteiger partial charge in [0.2, 0.25) is 5.91 Å². The second-order valence-corrected chi connectivity index (χ2v) is 9.30. The molecule has 2 aromatic rings. The summed E-state index contributed by atoms with van der Waals surface area (Å²) in [5, 5.41) is 0. The fraction of sp³-hybridized carbons (Fsp3) is 0.500. The molecule has 2 fully saturated rings. The zero-order valence-electron chi connectivity index (χ0n) is 19.4. The van der Waals surface area contributed by atoms with E-state index in [0.717, 1.165) is 37.1 Å². The first kappa shape index (κ1) is 24.7. The summed E-state index contributed by atoms with van der Waals surface area (Å²) < 4.78 is 59.5. The van der Waals surface area contributed by atoms with Crippen molar-refractivity contribution in [3.8, 4) is 0 Å². The van der Waals surface area contributed by atoms with Crippen LogP contribution in [0.4, 0.5) is 17.6 Å². The lowest BCUT2D eigenvalue weighted by atomic mass is 9.78. The van der Waals surface area contributed by atoms with E-state index in [1.807, 2.05) is 23.1 Å². The highest BCUT2D eigenvalue weighted by molar-refractivity contribution is 5.73. The third-order valence-electron chi connectivity index (χ3n) is 7.23. The Morgan fingerprint density at radius 1 is 1.18 bits per heavy atom. The van der Waals surface area contributed by atoms with Crippen LogP contribution in [-0.2, 0) is 27.9 Å². The Labute approximate surface area is 197 Å². The number of hydrogen-bond donors (Lipinski definition) is 0. The minimum atomic E-state index is -4.56. The molecule has 0 aromatic heterocycles. The van der Waals surface area contributed by atoms with E-state index in [4.69, 9.17) is 4.74 Å². The lowest BCUT2D eigenvalue weighted by molar-refractivity contribution is -0.144. The molecule has 4 atom stereocenters. The molecule has 2 aromatic carbocycles. The van der Waals surface area contributed by atoms with E-state index in [0.29, 0.717) is 18.7 Å². The number of piperazine rings is 1. The molecule has 2 heterocycles. The lowest BCUT2D eigenvalue weighted by Gasteiger charge is -2.55. The number of halogens is 4. The van der Waals surface area contributed by atoms with E-state index in [-0.39, 0.29) is 24.1 Å². The van der Waals surface area contributed by atoms with Crippen LogP contribution in [0.5, 0.6) is 0 Å². The summed E-state index contributed by atoms with van der Waals surface area (Å²) in [6.45, 7) is 4.67. The maximum Gasteiger partial charge on any atom is 0.416 e. The van der Waals surface area contributed by atoms with Crippen molar-refractivity contribution in [3.05, 3.63) is 70.8 Å². The van der Waals surface area contributed by atoms with Gasteiger partial charge >= 0.3 is 6.18 Å². The van der Waals surface area contributed by atoms with Gasteiger partial charge in [0.05, 0.1) is 23.8 Å². The lowest BCUT2D eigenvalue weighted by Crippen LogP contribution is -2.65. The third-order valence-corrected chi connectivity index (χ3v) is 7.23. The standard InChI is InChI=1S/C26H30F4N2O2/c1-18(21-12-20(15-27)13-23(14-21)26(28,29)30)34-17-25(22-6-4-3-5-7-22)9-8-24-16-31(25)10-11-32(24)19(2)33/h3-7,12-14,18,24H,8-11,15-17H2,1-2H3/t18-,24?,25-/m1/s1. The molecule has 0 saturated carbocycles. The molecule has 0 aliphatic carbocycles. The fourth-order valence-electron chi connectivity index (χ4n) is 5.34. The van der Waals surface area contributed by atoms with Crippen LogP contribution < -0.4 is 0 Å². The molecule has 0 N–H and O–H groups in total. The van der Waals surface area contributed by atoms with Gasteiger partial charge in [-0.3, -0.25) is 9.69 Å². The monoisotopic (exact) mass is 478 g/mol. The molecular formula is C26H30F4N2O2. The van der Waals surface area contributed by atoms with Crippen LogP contribution in [0.1, 0.15) is 55.0 Å². The summed E-state index contributed by atoms with van der Waals surface area (Å²) >= 11 is 0. The van der Waals surface area contributed by atoms with E-state index in [1.54, 1.807) is 13.8 Å². The molecule has 2 aliphatic heterocycles. The van der Waals surface area contributed by atoms with Crippen molar-refractivity contribution in [1.29, 1.82) is 0 Å². The van der Waals surface area contributed by atoms with Gasteiger partial charge in [0, 0.05) is 32.6 Å². The molecule has 8 heteroatoms. The van der Waals surface area contributed by atoms with Gasteiger partial charge in [-0.25, -0.2) is 4.39 Å². The molecule has 2 unspecified atom stereocenters. The van der Waals surface area contributed by atoms with Crippen LogP contribution in [-0.4, -0.2) is 48.0 Å². The van der Waals surface area contributed by atoms with Gasteiger partial charge < -0.3 is 9.64 Å². The highest BCUT2D eigenvalue weighted by atomic mass is 19.4. The second-order valence-electron chi connectivity index (χ2n) is 9.30. The minimum absolute atomic E-state index is 0.0149. The van der Waals surface area contributed by atoms with Crippen molar-refractivity contribution in [2.45, 2.75) is 57.2 Å². The number of hydrogen-bond acceptors (Lipinski definition) is 3. The molecule has 1 amide bonds. The molecule has 2 aliphatic rings. The number of rotatable bonds is 6. The number of nitrogens with zero attached hydrogens (tertiary/aromatic N) is 2. The van der Waals surface area contributed by atoms with E-state index in [9.17, 15) is 22.4 Å². The topological polar surface area (TPSA) is 32.8 Å². The predicted octanol–water partition coefficient (Wildman–Crippen LogP) is 5.47. The van der Waals surface area contributed by atoms with Crippen LogP contribution in [0.15, 0.2) is 48.5 Å². The number of fused-ring (bicyclic) bond motifs is 2. The number of piperidine rings is 1. The third kappa shape index (κ3) is 4.84. The summed E-state index contributed by atoms with van der Waals surface area (Å²) in [7, 11) is 0. The molecule has 184 valence electrons. The summed E-state index contributed by atoms with van der Waals surface area (Å²) in [4.78, 5) is 16.3. The fourth-order valence-corrected chi connectivity index (χ4v) is 5.34. The minimum Gasteiger partial charge on any atom is -0.372 e. The number of alkyl halides is 4. The SMILES string of the molecule is CC(=O)N1CCN2CC1CC[C@@]2(CO[C@H](C)c1cc(CF)cc(C(F)(F)F)c1)c1ccccc1. The van der Waals surface area contributed by atoms with Gasteiger partial charge in [-0.1, -0.05) is 36.4 Å². The molecule has 4 rings (SSSR count). The molecule has 2 saturated heterocycles. The summed E-state index contributed by atoms with van der Waals surface area (Å²) in [5.41, 5.74) is 0.0660. The van der Waals surface area contributed by atoms with Crippen molar-refractivity contribution in [3.63, 3.8) is 0 Å². The van der Waals surface area contributed by atoms with E-state index in [2.05, 4.69) is 17.0 Å². The Morgan fingerprint density at radius 3 is 2.56 bits per heavy atom. The van der Waals surface area contributed by atoms with Gasteiger partial charge in [0.1, 0.15) is 6.67 Å². The average Bonchev–Trinajstić information content (AvgIpc) is 2.83. The molecule has 0 radical (unpaired) electrons. The van der Waals surface area contributed by atoms with Crippen molar-refractivity contribution >= 4 is 5.91 Å². The molecule has 0 spiro atoms. The maximum atomic E-state index is 13.3. The van der Waals surface area contributed by atoms with Gasteiger partial charge in [-0.05, 0) is 48.6 Å². The summed E-state index contributed by atoms with van der Waals surface area (Å²) in [5.74, 6) is 0.0787. The van der Waals surface area contributed by atoms with E-state index < -0.39 is 30.1 Å². The van der Waals surface area contributed by atoms with Gasteiger partial charge in [-0.2, -0.15) is 13.2 Å². The molecule has 2 bridgehead atoms. The van der Waals surface area contributed by atoms with Crippen molar-refractivity contribution < 1.29 is 27.1 Å². The van der Waals surface area contributed by atoms with Crippen LogP contribution in [0, 0.1) is 0 Å². The Kier molecular flexibility index (Phi) is 7.01. The molecule has 4 nitrogen and oxygen atoms in total. The summed E-state index contributed by atoms with van der Waals surface area (Å²) in [6.07, 6.45) is -3.63. The number of carbonyl (C=O) groups excluding carboxylic acids is 1. The van der Waals surface area contributed by atoms with Crippen LogP contribution >= 0.6 is 0 Å². The van der Waals surface area contributed by atoms with Crippen molar-refractivity contribution in [2.24, 2.45) is 0 Å². The Morgan fingerprint density at radius 2 is 1.91 bits per heavy atom. The van der Waals surface area contributed by atoms with Crippen LogP contribution in [0.3, 0.4) is 0 Å². The zero-order chi connectivity index (χ0) is 24.5. The average molecular weight is 479 g/mol. The Bertz CT molecular complexity index is 1010. The smallest absolute Gasteiger partial charge is 0.372 e. The van der Waals surface area contributed by atoms with Crippen molar-refractivity contribution in [2.75, 3.05) is 26.2 Å². The summed E-state index contributed by atoms with van der Waals surface area (Å²) in [6, 6.07) is 13.5. The predicted molar refractivity (Wildman–Crippen MR) is 121 cm³/mol. The molecular weight excluding hydrogens is 448 g/mol. The Balaban J connectivity index is 1.59. The number of benzene rings is 2. The molecule has 34 heavy (non-hydrogen) atoms. The zero-order valence-corrected chi connectivity index (χ0v) is 19.4. The quantitative estimate of drug-likeness (QED) is 0.516. The first-order valence-electron chi connectivity index (χ1n) is 11.6. The van der Waals surface area contributed by atoms with Crippen LogP contribution in [0.25, 0.3) is 0 Å². The normalized spacial score (nSPS) is 25.8. The number of carbonyl (C=O) groups is 1. The number of ether oxygens (including phenoxy) is 1. The first-order valence-corrected chi connectivity index (χ1v) is 11.6. The highest BCUT2D eigenvalue weighted by Gasteiger charge is 2.47. The van der Waals surface area contributed by atoms with E-state index in [1.165, 1.54) is 6.07 Å². The first-order chi connectivity index (χ1) is 16.1. The second kappa shape index (κ2) is 9.66. The van der Waals surface area contributed by atoms with E-state index >= 15 is 0 Å². The highest BCUT2D eigenvalue weighted by Crippen LogP contribution is 2.42. The van der Waals surface area contributed by atoms with Gasteiger partial charge in [0.15, 0.2) is 0 Å².